The standard InChI is InChI=1S/C15H27NO/c1-4-9-16-14(5-1)11-13-6-10-17-15(12-13)7-2-3-8-15/h13-14,16H,1-12H2. The minimum atomic E-state index is 0.317. The Hall–Kier alpha value is -0.0800. The molecule has 1 aliphatic carbocycles. The molecule has 0 bridgehead atoms. The molecule has 2 heterocycles. The molecule has 2 aliphatic heterocycles. The molecule has 3 rings (SSSR count). The highest BCUT2D eigenvalue weighted by Crippen LogP contribution is 2.43. The van der Waals surface area contributed by atoms with Gasteiger partial charge in [0.2, 0.25) is 0 Å². The SMILES string of the molecule is C1CCC(CC2CCOC3(CCCC3)C2)NC1. The third-order valence-electron chi connectivity index (χ3n) is 5.14. The van der Waals surface area contributed by atoms with Crippen LogP contribution in [0.5, 0.6) is 0 Å². The topological polar surface area (TPSA) is 21.3 Å². The lowest BCUT2D eigenvalue weighted by molar-refractivity contribution is -0.0950. The van der Waals surface area contributed by atoms with Crippen LogP contribution in [0.1, 0.15) is 64.2 Å². The Morgan fingerprint density at radius 1 is 1.06 bits per heavy atom. The van der Waals surface area contributed by atoms with Gasteiger partial charge >= 0.3 is 0 Å². The van der Waals surface area contributed by atoms with E-state index in [2.05, 4.69) is 5.32 Å². The normalized spacial score (nSPS) is 37.4. The van der Waals surface area contributed by atoms with Crippen molar-refractivity contribution >= 4 is 0 Å². The first-order valence-corrected chi connectivity index (χ1v) is 7.74. The number of rotatable bonds is 2. The van der Waals surface area contributed by atoms with Crippen LogP contribution in [0, 0.1) is 5.92 Å². The maximum absolute atomic E-state index is 6.13. The molecular weight excluding hydrogens is 210 g/mol. The quantitative estimate of drug-likeness (QED) is 0.796. The van der Waals surface area contributed by atoms with E-state index in [-0.39, 0.29) is 0 Å². The number of piperidine rings is 1. The second-order valence-corrected chi connectivity index (χ2v) is 6.48. The van der Waals surface area contributed by atoms with E-state index >= 15 is 0 Å². The Kier molecular flexibility index (Phi) is 3.72. The summed E-state index contributed by atoms with van der Waals surface area (Å²) in [5.41, 5.74) is 0.317. The van der Waals surface area contributed by atoms with Crippen LogP contribution in [0.3, 0.4) is 0 Å². The van der Waals surface area contributed by atoms with Crippen molar-refractivity contribution < 1.29 is 4.74 Å². The zero-order valence-electron chi connectivity index (χ0n) is 11.0. The fourth-order valence-corrected chi connectivity index (χ4v) is 4.23. The summed E-state index contributed by atoms with van der Waals surface area (Å²) >= 11 is 0. The molecule has 3 aliphatic rings. The summed E-state index contributed by atoms with van der Waals surface area (Å²) in [6, 6.07) is 0.810. The average molecular weight is 237 g/mol. The fraction of sp³-hybridized carbons (Fsp3) is 1.00. The molecule has 1 spiro atoms. The first-order chi connectivity index (χ1) is 8.36. The molecule has 98 valence electrons. The minimum Gasteiger partial charge on any atom is -0.375 e. The summed E-state index contributed by atoms with van der Waals surface area (Å²) in [6.45, 7) is 2.27. The van der Waals surface area contributed by atoms with Gasteiger partial charge in [-0.3, -0.25) is 0 Å². The van der Waals surface area contributed by atoms with E-state index in [9.17, 15) is 0 Å². The summed E-state index contributed by atoms with van der Waals surface area (Å²) in [5.74, 6) is 0.928. The third-order valence-corrected chi connectivity index (χ3v) is 5.14. The summed E-state index contributed by atoms with van der Waals surface area (Å²) in [6.07, 6.45) is 13.8. The minimum absolute atomic E-state index is 0.317. The van der Waals surface area contributed by atoms with Crippen molar-refractivity contribution in [2.75, 3.05) is 13.2 Å². The molecule has 1 saturated carbocycles. The first-order valence-electron chi connectivity index (χ1n) is 7.74. The number of ether oxygens (including phenoxy) is 1. The fourth-order valence-electron chi connectivity index (χ4n) is 4.23. The molecule has 2 saturated heterocycles. The van der Waals surface area contributed by atoms with Crippen molar-refractivity contribution in [3.63, 3.8) is 0 Å². The van der Waals surface area contributed by atoms with Gasteiger partial charge in [0.25, 0.3) is 0 Å². The average Bonchev–Trinajstić information content (AvgIpc) is 2.79. The molecule has 2 heteroatoms. The Bertz CT molecular complexity index is 241. The monoisotopic (exact) mass is 237 g/mol. The lowest BCUT2D eigenvalue weighted by atomic mass is 9.80. The lowest BCUT2D eigenvalue weighted by Gasteiger charge is -2.40. The molecule has 1 N–H and O–H groups in total. The van der Waals surface area contributed by atoms with Crippen LogP contribution in [0.15, 0.2) is 0 Å². The molecule has 0 aromatic heterocycles. The summed E-state index contributed by atoms with van der Waals surface area (Å²) in [4.78, 5) is 0. The van der Waals surface area contributed by atoms with Crippen LogP contribution >= 0.6 is 0 Å². The molecule has 2 atom stereocenters. The van der Waals surface area contributed by atoms with Gasteiger partial charge in [0.1, 0.15) is 0 Å². The van der Waals surface area contributed by atoms with Crippen molar-refractivity contribution in [3.8, 4) is 0 Å². The van der Waals surface area contributed by atoms with Gasteiger partial charge in [0, 0.05) is 12.6 Å². The highest BCUT2D eigenvalue weighted by Gasteiger charge is 2.40. The third kappa shape index (κ3) is 2.85. The van der Waals surface area contributed by atoms with Crippen LogP contribution in [0.2, 0.25) is 0 Å². The molecule has 2 nitrogen and oxygen atoms in total. The largest absolute Gasteiger partial charge is 0.375 e. The van der Waals surface area contributed by atoms with Crippen LogP contribution in [-0.2, 0) is 4.74 Å². The summed E-state index contributed by atoms with van der Waals surface area (Å²) < 4.78 is 6.13. The van der Waals surface area contributed by atoms with Gasteiger partial charge in [-0.2, -0.15) is 0 Å². The van der Waals surface area contributed by atoms with Crippen molar-refractivity contribution in [2.45, 2.75) is 75.9 Å². The Morgan fingerprint density at radius 2 is 1.94 bits per heavy atom. The molecule has 17 heavy (non-hydrogen) atoms. The van der Waals surface area contributed by atoms with Crippen LogP contribution in [0.25, 0.3) is 0 Å². The lowest BCUT2D eigenvalue weighted by Crippen LogP contribution is -2.41. The van der Waals surface area contributed by atoms with Gasteiger partial charge in [-0.25, -0.2) is 0 Å². The summed E-state index contributed by atoms with van der Waals surface area (Å²) in [5, 5.41) is 3.70. The molecule has 0 amide bonds. The van der Waals surface area contributed by atoms with Crippen LogP contribution in [-0.4, -0.2) is 24.8 Å². The number of nitrogens with one attached hydrogen (secondary N) is 1. The maximum Gasteiger partial charge on any atom is 0.0685 e. The van der Waals surface area contributed by atoms with Gasteiger partial charge in [-0.1, -0.05) is 19.3 Å². The van der Waals surface area contributed by atoms with E-state index in [1.807, 2.05) is 0 Å². The molecule has 0 aromatic rings. The van der Waals surface area contributed by atoms with E-state index in [1.54, 1.807) is 0 Å². The highest BCUT2D eigenvalue weighted by atomic mass is 16.5. The zero-order valence-corrected chi connectivity index (χ0v) is 11.0. The van der Waals surface area contributed by atoms with E-state index in [1.165, 1.54) is 70.8 Å². The first kappa shape index (κ1) is 12.0. The molecule has 0 radical (unpaired) electrons. The number of hydrogen-bond acceptors (Lipinski definition) is 2. The van der Waals surface area contributed by atoms with Gasteiger partial charge in [-0.15, -0.1) is 0 Å². The maximum atomic E-state index is 6.13. The predicted molar refractivity (Wildman–Crippen MR) is 70.1 cm³/mol. The van der Waals surface area contributed by atoms with Crippen molar-refractivity contribution in [3.05, 3.63) is 0 Å². The van der Waals surface area contributed by atoms with Gasteiger partial charge in [0.15, 0.2) is 0 Å². The zero-order chi connectivity index (χ0) is 11.6. The van der Waals surface area contributed by atoms with Gasteiger partial charge < -0.3 is 10.1 Å². The van der Waals surface area contributed by atoms with Crippen LogP contribution in [0.4, 0.5) is 0 Å². The van der Waals surface area contributed by atoms with Gasteiger partial charge in [-0.05, 0) is 57.4 Å². The summed E-state index contributed by atoms with van der Waals surface area (Å²) in [7, 11) is 0. The van der Waals surface area contributed by atoms with E-state index in [0.29, 0.717) is 5.60 Å². The Balaban J connectivity index is 1.52. The van der Waals surface area contributed by atoms with Crippen molar-refractivity contribution in [1.29, 1.82) is 0 Å². The van der Waals surface area contributed by atoms with E-state index < -0.39 is 0 Å². The second-order valence-electron chi connectivity index (χ2n) is 6.48. The van der Waals surface area contributed by atoms with Crippen molar-refractivity contribution in [1.82, 2.24) is 5.32 Å². The van der Waals surface area contributed by atoms with Gasteiger partial charge in [0.05, 0.1) is 5.60 Å². The van der Waals surface area contributed by atoms with E-state index in [0.717, 1.165) is 18.6 Å². The predicted octanol–water partition coefficient (Wildman–Crippen LogP) is 3.26. The van der Waals surface area contributed by atoms with Crippen molar-refractivity contribution in [2.24, 2.45) is 5.92 Å². The molecular formula is C15H27NO. The number of hydrogen-bond donors (Lipinski definition) is 1. The van der Waals surface area contributed by atoms with E-state index in [4.69, 9.17) is 4.74 Å². The Labute approximate surface area is 105 Å². The second kappa shape index (κ2) is 5.27. The smallest absolute Gasteiger partial charge is 0.0685 e. The molecule has 2 unspecified atom stereocenters. The van der Waals surface area contributed by atoms with Crippen LogP contribution < -0.4 is 5.32 Å². The molecule has 3 fully saturated rings. The Morgan fingerprint density at radius 3 is 2.71 bits per heavy atom. The molecule has 0 aromatic carbocycles. The highest BCUT2D eigenvalue weighted by molar-refractivity contribution is 4.92.